The summed E-state index contributed by atoms with van der Waals surface area (Å²) in [5, 5.41) is 6.37. The number of carbonyl (C=O) groups is 1. The highest BCUT2D eigenvalue weighted by Gasteiger charge is 2.23. The normalized spacial score (nSPS) is 20.9. The average Bonchev–Trinajstić information content (AvgIpc) is 2.64. The van der Waals surface area contributed by atoms with E-state index in [2.05, 4.69) is 33.5 Å². The zero-order valence-electron chi connectivity index (χ0n) is 11.9. The van der Waals surface area contributed by atoms with Crippen molar-refractivity contribution < 1.29 is 9.53 Å². The van der Waals surface area contributed by atoms with Crippen LogP contribution < -0.4 is 15.4 Å². The van der Waals surface area contributed by atoms with Gasteiger partial charge >= 0.3 is 0 Å². The van der Waals surface area contributed by atoms with Crippen LogP contribution in [0.15, 0.2) is 22.7 Å². The molecule has 0 spiro atoms. The molecule has 1 fully saturated rings. The van der Waals surface area contributed by atoms with E-state index in [-0.39, 0.29) is 18.0 Å². The van der Waals surface area contributed by atoms with Crippen LogP contribution in [0.3, 0.4) is 0 Å². The number of halogens is 1. The van der Waals surface area contributed by atoms with E-state index in [0.717, 1.165) is 41.6 Å². The van der Waals surface area contributed by atoms with Crippen LogP contribution in [0.1, 0.15) is 37.8 Å². The lowest BCUT2D eigenvalue weighted by Gasteiger charge is -2.22. The van der Waals surface area contributed by atoms with E-state index in [1.165, 1.54) is 0 Å². The zero-order valence-corrected chi connectivity index (χ0v) is 13.5. The molecule has 2 atom stereocenters. The van der Waals surface area contributed by atoms with Gasteiger partial charge in [-0.1, -0.05) is 22.0 Å². The number of nitrogens with one attached hydrogen (secondary N) is 2. The molecule has 1 amide bonds. The van der Waals surface area contributed by atoms with Crippen molar-refractivity contribution in [1.82, 2.24) is 10.6 Å². The summed E-state index contributed by atoms with van der Waals surface area (Å²) in [4.78, 5) is 12.0. The fourth-order valence-corrected chi connectivity index (χ4v) is 3.18. The number of hydrogen-bond acceptors (Lipinski definition) is 3. The van der Waals surface area contributed by atoms with E-state index in [9.17, 15) is 4.79 Å². The first-order chi connectivity index (χ1) is 9.61. The summed E-state index contributed by atoms with van der Waals surface area (Å²) in [7, 11) is 1.65. The number of ether oxygens (including phenoxy) is 1. The number of benzene rings is 1. The molecule has 1 aromatic rings. The summed E-state index contributed by atoms with van der Waals surface area (Å²) in [5.74, 6) is 0.930. The third-order valence-electron chi connectivity index (χ3n) is 3.66. The van der Waals surface area contributed by atoms with Gasteiger partial charge in [-0.05, 0) is 43.9 Å². The van der Waals surface area contributed by atoms with Crippen LogP contribution >= 0.6 is 15.9 Å². The molecule has 2 rings (SSSR count). The van der Waals surface area contributed by atoms with Crippen molar-refractivity contribution >= 4 is 21.8 Å². The fourth-order valence-electron chi connectivity index (χ4n) is 2.48. The van der Waals surface area contributed by atoms with Gasteiger partial charge in [0.05, 0.1) is 13.2 Å². The molecule has 0 saturated carbocycles. The Bertz CT molecular complexity index is 479. The highest BCUT2D eigenvalue weighted by atomic mass is 79.9. The van der Waals surface area contributed by atoms with Gasteiger partial charge in [0, 0.05) is 17.1 Å². The van der Waals surface area contributed by atoms with E-state index in [0.29, 0.717) is 0 Å². The molecule has 1 aliphatic heterocycles. The van der Waals surface area contributed by atoms with Crippen LogP contribution in [0, 0.1) is 0 Å². The minimum atomic E-state index is -0.110. The van der Waals surface area contributed by atoms with Crippen LogP contribution in [0.4, 0.5) is 0 Å². The zero-order chi connectivity index (χ0) is 14.5. The Labute approximate surface area is 128 Å². The minimum absolute atomic E-state index is 0.101. The molecule has 110 valence electrons. The van der Waals surface area contributed by atoms with Crippen molar-refractivity contribution in [2.24, 2.45) is 0 Å². The van der Waals surface area contributed by atoms with Gasteiger partial charge < -0.3 is 10.1 Å². The maximum absolute atomic E-state index is 12.0. The van der Waals surface area contributed by atoms with Gasteiger partial charge in [0.1, 0.15) is 5.75 Å². The predicted octanol–water partition coefficient (Wildman–Crippen LogP) is 2.78. The summed E-state index contributed by atoms with van der Waals surface area (Å²) in [5.41, 5.74) is 1.13. The largest absolute Gasteiger partial charge is 0.497 e. The molecule has 0 bridgehead atoms. The van der Waals surface area contributed by atoms with E-state index in [4.69, 9.17) is 4.74 Å². The predicted molar refractivity (Wildman–Crippen MR) is 82.9 cm³/mol. The second-order valence-corrected chi connectivity index (χ2v) is 5.97. The summed E-state index contributed by atoms with van der Waals surface area (Å²) in [6, 6.07) is 5.90. The standard InChI is InChI=1S/C15H21BrN2O2/c1-10(12-7-6-11(20-2)9-13(12)16)18-14-5-3-4-8-17-15(14)19/h6-7,9-10,14,18H,3-5,8H2,1-2H3,(H,17,19). The topological polar surface area (TPSA) is 50.4 Å². The van der Waals surface area contributed by atoms with Crippen LogP contribution in [-0.2, 0) is 4.79 Å². The van der Waals surface area contributed by atoms with Crippen molar-refractivity contribution in [1.29, 1.82) is 0 Å². The molecule has 2 N–H and O–H groups in total. The summed E-state index contributed by atoms with van der Waals surface area (Å²) < 4.78 is 6.19. The van der Waals surface area contributed by atoms with Crippen molar-refractivity contribution in [2.45, 2.75) is 38.3 Å². The van der Waals surface area contributed by atoms with Gasteiger partial charge in [0.2, 0.25) is 5.91 Å². The quantitative estimate of drug-likeness (QED) is 0.885. The Morgan fingerprint density at radius 3 is 2.95 bits per heavy atom. The number of hydrogen-bond donors (Lipinski definition) is 2. The molecule has 1 heterocycles. The molecular weight excluding hydrogens is 320 g/mol. The average molecular weight is 341 g/mol. The van der Waals surface area contributed by atoms with Crippen molar-refractivity contribution in [3.05, 3.63) is 28.2 Å². The van der Waals surface area contributed by atoms with Gasteiger partial charge in [-0.25, -0.2) is 0 Å². The number of methoxy groups -OCH3 is 1. The second-order valence-electron chi connectivity index (χ2n) is 5.12. The molecule has 1 aromatic carbocycles. The Balaban J connectivity index is 2.07. The highest BCUT2D eigenvalue weighted by Crippen LogP contribution is 2.28. The number of carbonyl (C=O) groups excluding carboxylic acids is 1. The Kier molecular flexibility index (Phi) is 5.43. The minimum Gasteiger partial charge on any atom is -0.497 e. The first-order valence-electron chi connectivity index (χ1n) is 6.99. The number of amides is 1. The third-order valence-corrected chi connectivity index (χ3v) is 4.35. The van der Waals surface area contributed by atoms with Crippen molar-refractivity contribution in [3.63, 3.8) is 0 Å². The molecule has 5 heteroatoms. The van der Waals surface area contributed by atoms with Crippen molar-refractivity contribution in [3.8, 4) is 5.75 Å². The van der Waals surface area contributed by atoms with E-state index in [1.54, 1.807) is 7.11 Å². The molecule has 1 saturated heterocycles. The summed E-state index contributed by atoms with van der Waals surface area (Å²) >= 11 is 3.56. The van der Waals surface area contributed by atoms with E-state index < -0.39 is 0 Å². The molecule has 0 aliphatic carbocycles. The van der Waals surface area contributed by atoms with Crippen LogP contribution in [0.5, 0.6) is 5.75 Å². The molecule has 4 nitrogen and oxygen atoms in total. The lowest BCUT2D eigenvalue weighted by atomic mass is 10.0. The first kappa shape index (κ1) is 15.3. The monoisotopic (exact) mass is 340 g/mol. The van der Waals surface area contributed by atoms with Crippen LogP contribution in [0.25, 0.3) is 0 Å². The molecular formula is C15H21BrN2O2. The molecule has 1 aliphatic rings. The SMILES string of the molecule is COc1ccc(C(C)NC2CCCCNC2=O)c(Br)c1. The van der Waals surface area contributed by atoms with Crippen LogP contribution in [-0.4, -0.2) is 25.6 Å². The molecule has 0 aromatic heterocycles. The highest BCUT2D eigenvalue weighted by molar-refractivity contribution is 9.10. The second kappa shape index (κ2) is 7.09. The lowest BCUT2D eigenvalue weighted by molar-refractivity contribution is -0.123. The third kappa shape index (κ3) is 3.73. The molecule has 20 heavy (non-hydrogen) atoms. The van der Waals surface area contributed by atoms with Crippen molar-refractivity contribution in [2.75, 3.05) is 13.7 Å². The van der Waals surface area contributed by atoms with Gasteiger partial charge in [0.25, 0.3) is 0 Å². The molecule has 0 radical (unpaired) electrons. The van der Waals surface area contributed by atoms with Gasteiger partial charge in [0.15, 0.2) is 0 Å². The lowest BCUT2D eigenvalue weighted by Crippen LogP contribution is -2.43. The Morgan fingerprint density at radius 2 is 2.25 bits per heavy atom. The summed E-state index contributed by atoms with van der Waals surface area (Å²) in [6.45, 7) is 2.86. The van der Waals surface area contributed by atoms with Gasteiger partial charge in [-0.2, -0.15) is 0 Å². The smallest absolute Gasteiger partial charge is 0.237 e. The van der Waals surface area contributed by atoms with E-state index in [1.807, 2.05) is 18.2 Å². The van der Waals surface area contributed by atoms with Crippen LogP contribution in [0.2, 0.25) is 0 Å². The number of rotatable bonds is 4. The Hall–Kier alpha value is -1.07. The summed E-state index contributed by atoms with van der Waals surface area (Å²) in [6.07, 6.45) is 3.03. The van der Waals surface area contributed by atoms with E-state index >= 15 is 0 Å². The maximum Gasteiger partial charge on any atom is 0.237 e. The first-order valence-corrected chi connectivity index (χ1v) is 7.78. The van der Waals surface area contributed by atoms with Gasteiger partial charge in [-0.15, -0.1) is 0 Å². The Morgan fingerprint density at radius 1 is 1.45 bits per heavy atom. The fraction of sp³-hybridized carbons (Fsp3) is 0.533. The maximum atomic E-state index is 12.0. The molecule has 2 unspecified atom stereocenters. The van der Waals surface area contributed by atoms with Gasteiger partial charge in [-0.3, -0.25) is 10.1 Å².